The lowest BCUT2D eigenvalue weighted by Crippen LogP contribution is -2.54. The average Bonchev–Trinajstić information content (AvgIpc) is 2.64. The molecule has 0 saturated heterocycles. The Bertz CT molecular complexity index is 765. The van der Waals surface area contributed by atoms with Crippen LogP contribution >= 0.6 is 0 Å². The molecule has 32 heavy (non-hydrogen) atoms. The number of methoxy groups -OCH3 is 1. The summed E-state index contributed by atoms with van der Waals surface area (Å²) in [4.78, 5) is 49.8. The van der Waals surface area contributed by atoms with Crippen molar-refractivity contribution in [1.29, 1.82) is 0 Å². The standard InChI is InChI=1S/C23H34N2O7/c1-22(2,3)31-18(26)14-16(25-21(29)32-23(4,5)6)19(27)24-17(20(28)30-7)13-15-11-9-8-10-12-15/h8-12,16-17H,13-14H2,1-7H3,(H,24,27)(H,25,29)/t16-,17-/m0/s1. The molecule has 0 saturated carbocycles. The number of hydrogen-bond donors (Lipinski definition) is 2. The van der Waals surface area contributed by atoms with E-state index in [4.69, 9.17) is 14.2 Å². The van der Waals surface area contributed by atoms with E-state index in [1.165, 1.54) is 7.11 Å². The molecule has 1 aromatic rings. The van der Waals surface area contributed by atoms with Crippen LogP contribution in [0.3, 0.4) is 0 Å². The van der Waals surface area contributed by atoms with E-state index in [9.17, 15) is 19.2 Å². The highest BCUT2D eigenvalue weighted by Gasteiger charge is 2.32. The lowest BCUT2D eigenvalue weighted by molar-refractivity contribution is -0.156. The minimum Gasteiger partial charge on any atom is -0.467 e. The second kappa shape index (κ2) is 11.5. The summed E-state index contributed by atoms with van der Waals surface area (Å²) in [6, 6.07) is 6.72. The zero-order valence-electron chi connectivity index (χ0n) is 19.8. The van der Waals surface area contributed by atoms with E-state index < -0.39 is 53.6 Å². The van der Waals surface area contributed by atoms with Crippen molar-refractivity contribution in [3.05, 3.63) is 35.9 Å². The Hall–Kier alpha value is -3.10. The van der Waals surface area contributed by atoms with Crippen LogP contribution in [0.2, 0.25) is 0 Å². The monoisotopic (exact) mass is 450 g/mol. The van der Waals surface area contributed by atoms with Gasteiger partial charge in [-0.2, -0.15) is 0 Å². The fourth-order valence-corrected chi connectivity index (χ4v) is 2.67. The molecule has 0 unspecified atom stereocenters. The number of esters is 2. The molecular weight excluding hydrogens is 416 g/mol. The molecule has 9 heteroatoms. The molecule has 2 amide bonds. The van der Waals surface area contributed by atoms with E-state index in [0.717, 1.165) is 5.56 Å². The van der Waals surface area contributed by atoms with Gasteiger partial charge in [0.25, 0.3) is 0 Å². The Labute approximate surface area is 189 Å². The molecule has 0 heterocycles. The number of benzene rings is 1. The van der Waals surface area contributed by atoms with Crippen molar-refractivity contribution in [1.82, 2.24) is 10.6 Å². The van der Waals surface area contributed by atoms with Crippen LogP contribution in [0.4, 0.5) is 4.79 Å². The van der Waals surface area contributed by atoms with Gasteiger partial charge in [0.1, 0.15) is 23.3 Å². The van der Waals surface area contributed by atoms with Crippen LogP contribution in [-0.4, -0.2) is 54.3 Å². The number of alkyl carbamates (subject to hydrolysis) is 1. The lowest BCUT2D eigenvalue weighted by Gasteiger charge is -2.26. The third kappa shape index (κ3) is 10.8. The number of nitrogens with one attached hydrogen (secondary N) is 2. The van der Waals surface area contributed by atoms with Gasteiger partial charge in [0, 0.05) is 6.42 Å². The molecule has 0 aliphatic carbocycles. The van der Waals surface area contributed by atoms with Gasteiger partial charge in [0.15, 0.2) is 0 Å². The quantitative estimate of drug-likeness (QED) is 0.461. The van der Waals surface area contributed by atoms with Gasteiger partial charge in [0.2, 0.25) is 5.91 Å². The summed E-state index contributed by atoms with van der Waals surface area (Å²) in [5.41, 5.74) is -0.780. The molecule has 1 aromatic carbocycles. The van der Waals surface area contributed by atoms with E-state index in [0.29, 0.717) is 0 Å². The molecule has 178 valence electrons. The minimum atomic E-state index is -1.32. The van der Waals surface area contributed by atoms with Crippen LogP contribution in [0.25, 0.3) is 0 Å². The van der Waals surface area contributed by atoms with Crippen molar-refractivity contribution >= 4 is 23.9 Å². The van der Waals surface area contributed by atoms with Gasteiger partial charge in [0.05, 0.1) is 13.5 Å². The highest BCUT2D eigenvalue weighted by molar-refractivity contribution is 5.92. The second-order valence-corrected chi connectivity index (χ2v) is 9.26. The number of ether oxygens (including phenoxy) is 3. The highest BCUT2D eigenvalue weighted by atomic mass is 16.6. The van der Waals surface area contributed by atoms with Crippen LogP contribution in [-0.2, 0) is 35.0 Å². The number of amides is 2. The summed E-state index contributed by atoms with van der Waals surface area (Å²) < 4.78 is 15.3. The maximum absolute atomic E-state index is 13.0. The molecule has 0 radical (unpaired) electrons. The number of rotatable bonds is 8. The molecule has 2 atom stereocenters. The van der Waals surface area contributed by atoms with E-state index in [1.807, 2.05) is 6.07 Å². The Morgan fingerprint density at radius 2 is 1.41 bits per heavy atom. The molecule has 0 aliphatic rings. The average molecular weight is 451 g/mol. The predicted octanol–water partition coefficient (Wildman–Crippen LogP) is 2.51. The Kier molecular flexibility index (Phi) is 9.68. The highest BCUT2D eigenvalue weighted by Crippen LogP contribution is 2.12. The molecule has 0 bridgehead atoms. The van der Waals surface area contributed by atoms with Gasteiger partial charge in [-0.25, -0.2) is 9.59 Å². The zero-order chi connectivity index (χ0) is 24.5. The van der Waals surface area contributed by atoms with Gasteiger partial charge in [-0.3, -0.25) is 9.59 Å². The maximum Gasteiger partial charge on any atom is 0.408 e. The Balaban J connectivity index is 3.02. The van der Waals surface area contributed by atoms with Crippen molar-refractivity contribution in [3.63, 3.8) is 0 Å². The van der Waals surface area contributed by atoms with E-state index >= 15 is 0 Å². The molecule has 0 spiro atoms. The van der Waals surface area contributed by atoms with E-state index in [2.05, 4.69) is 10.6 Å². The van der Waals surface area contributed by atoms with Gasteiger partial charge in [-0.05, 0) is 47.1 Å². The van der Waals surface area contributed by atoms with Crippen LogP contribution in [0.15, 0.2) is 30.3 Å². The first-order valence-corrected chi connectivity index (χ1v) is 10.3. The van der Waals surface area contributed by atoms with Gasteiger partial charge in [-0.1, -0.05) is 30.3 Å². The fourth-order valence-electron chi connectivity index (χ4n) is 2.67. The van der Waals surface area contributed by atoms with E-state index in [-0.39, 0.29) is 6.42 Å². The zero-order valence-corrected chi connectivity index (χ0v) is 19.8. The Morgan fingerprint density at radius 1 is 0.844 bits per heavy atom. The Morgan fingerprint density at radius 3 is 1.91 bits per heavy atom. The van der Waals surface area contributed by atoms with Crippen LogP contribution in [0.1, 0.15) is 53.5 Å². The molecule has 0 aromatic heterocycles. The van der Waals surface area contributed by atoms with Crippen molar-refractivity contribution < 1.29 is 33.4 Å². The molecule has 9 nitrogen and oxygen atoms in total. The molecule has 0 fully saturated rings. The number of hydrogen-bond acceptors (Lipinski definition) is 7. The topological polar surface area (TPSA) is 120 Å². The largest absolute Gasteiger partial charge is 0.467 e. The van der Waals surface area contributed by atoms with Crippen molar-refractivity contribution in [2.45, 2.75) is 77.7 Å². The SMILES string of the molecule is COC(=O)[C@H](Cc1ccccc1)NC(=O)[C@H](CC(=O)OC(C)(C)C)NC(=O)OC(C)(C)C. The predicted molar refractivity (Wildman–Crippen MR) is 118 cm³/mol. The minimum absolute atomic E-state index is 0.171. The lowest BCUT2D eigenvalue weighted by atomic mass is 10.0. The molecule has 1 rings (SSSR count). The fraction of sp³-hybridized carbons (Fsp3) is 0.565. The van der Waals surface area contributed by atoms with Gasteiger partial charge >= 0.3 is 18.0 Å². The van der Waals surface area contributed by atoms with Crippen molar-refractivity contribution in [3.8, 4) is 0 Å². The van der Waals surface area contributed by atoms with Gasteiger partial charge < -0.3 is 24.8 Å². The summed E-state index contributed by atoms with van der Waals surface area (Å²) in [5.74, 6) is -2.09. The van der Waals surface area contributed by atoms with Crippen LogP contribution in [0.5, 0.6) is 0 Å². The summed E-state index contributed by atoms with van der Waals surface area (Å²) in [6.45, 7) is 10.1. The summed E-state index contributed by atoms with van der Waals surface area (Å²) in [7, 11) is 1.21. The smallest absolute Gasteiger partial charge is 0.408 e. The third-order valence-corrected chi connectivity index (χ3v) is 3.88. The first-order chi connectivity index (χ1) is 14.7. The van der Waals surface area contributed by atoms with Crippen molar-refractivity contribution in [2.24, 2.45) is 0 Å². The summed E-state index contributed by atoms with van der Waals surface area (Å²) in [5, 5.41) is 4.95. The van der Waals surface area contributed by atoms with Crippen LogP contribution < -0.4 is 10.6 Å². The number of carbonyl (C=O) groups is 4. The third-order valence-electron chi connectivity index (χ3n) is 3.88. The summed E-state index contributed by atoms with van der Waals surface area (Å²) in [6.07, 6.45) is -1.15. The summed E-state index contributed by atoms with van der Waals surface area (Å²) >= 11 is 0. The molecule has 0 aliphatic heterocycles. The molecular formula is C23H34N2O7. The van der Waals surface area contributed by atoms with Crippen LogP contribution in [0, 0.1) is 0 Å². The molecule has 2 N–H and O–H groups in total. The van der Waals surface area contributed by atoms with Gasteiger partial charge in [-0.15, -0.1) is 0 Å². The first kappa shape index (κ1) is 26.9. The maximum atomic E-state index is 13.0. The van der Waals surface area contributed by atoms with Crippen molar-refractivity contribution in [2.75, 3.05) is 7.11 Å². The normalized spacial score (nSPS) is 13.3. The number of carbonyl (C=O) groups excluding carboxylic acids is 4. The van der Waals surface area contributed by atoms with E-state index in [1.54, 1.807) is 65.8 Å². The first-order valence-electron chi connectivity index (χ1n) is 10.3. The second-order valence-electron chi connectivity index (χ2n) is 9.26.